The number of rotatable bonds is 6. The number of aryl methyl sites for hydroxylation is 1. The summed E-state index contributed by atoms with van der Waals surface area (Å²) in [5, 5.41) is 3.74. The maximum Gasteiger partial charge on any atom is 0.0731 e. The van der Waals surface area contributed by atoms with Crippen LogP contribution < -0.4 is 5.32 Å². The van der Waals surface area contributed by atoms with Crippen molar-refractivity contribution in [2.45, 2.75) is 52.2 Å². The van der Waals surface area contributed by atoms with E-state index in [1.165, 1.54) is 27.1 Å². The van der Waals surface area contributed by atoms with E-state index in [2.05, 4.69) is 48.1 Å². The molecule has 1 fully saturated rings. The van der Waals surface area contributed by atoms with E-state index in [1.807, 2.05) is 11.3 Å². The van der Waals surface area contributed by atoms with Crippen molar-refractivity contribution < 1.29 is 4.74 Å². The molecule has 0 saturated carbocycles. The standard InChI is InChI=1S/C15H24BrNOS/c1-4-7-17-14(11-6-8-18-12(11)5-2)13-9-10(3)15(16)19-13/h9,11-12,14,17H,4-8H2,1-3H3. The lowest BCUT2D eigenvalue weighted by Gasteiger charge is -2.27. The van der Waals surface area contributed by atoms with Crippen LogP contribution >= 0.6 is 27.3 Å². The summed E-state index contributed by atoms with van der Waals surface area (Å²) in [4.78, 5) is 1.45. The van der Waals surface area contributed by atoms with E-state index in [-0.39, 0.29) is 0 Å². The van der Waals surface area contributed by atoms with Crippen molar-refractivity contribution in [2.75, 3.05) is 13.2 Å². The zero-order chi connectivity index (χ0) is 13.8. The summed E-state index contributed by atoms with van der Waals surface area (Å²) in [6.45, 7) is 8.62. The van der Waals surface area contributed by atoms with Gasteiger partial charge in [-0.2, -0.15) is 0 Å². The molecule has 1 N–H and O–H groups in total. The Morgan fingerprint density at radius 2 is 2.32 bits per heavy atom. The lowest BCUT2D eigenvalue weighted by Crippen LogP contribution is -2.32. The molecule has 3 atom stereocenters. The summed E-state index contributed by atoms with van der Waals surface area (Å²) in [5.74, 6) is 0.612. The van der Waals surface area contributed by atoms with Gasteiger partial charge in [0.05, 0.1) is 9.89 Å². The van der Waals surface area contributed by atoms with Gasteiger partial charge in [0.15, 0.2) is 0 Å². The van der Waals surface area contributed by atoms with Crippen LogP contribution in [0, 0.1) is 12.8 Å². The van der Waals surface area contributed by atoms with Crippen molar-refractivity contribution in [1.82, 2.24) is 5.32 Å². The van der Waals surface area contributed by atoms with Crippen molar-refractivity contribution in [3.8, 4) is 0 Å². The van der Waals surface area contributed by atoms with Crippen LogP contribution in [-0.2, 0) is 4.74 Å². The van der Waals surface area contributed by atoms with E-state index in [4.69, 9.17) is 4.74 Å². The smallest absolute Gasteiger partial charge is 0.0731 e. The Morgan fingerprint density at radius 1 is 1.53 bits per heavy atom. The Balaban J connectivity index is 2.19. The van der Waals surface area contributed by atoms with E-state index in [0.29, 0.717) is 18.1 Å². The van der Waals surface area contributed by atoms with Crippen molar-refractivity contribution in [3.05, 3.63) is 20.3 Å². The van der Waals surface area contributed by atoms with Crippen LogP contribution in [0.1, 0.15) is 49.6 Å². The third kappa shape index (κ3) is 3.60. The predicted molar refractivity (Wildman–Crippen MR) is 85.9 cm³/mol. The summed E-state index contributed by atoms with van der Waals surface area (Å²) in [5.41, 5.74) is 1.34. The van der Waals surface area contributed by atoms with E-state index in [0.717, 1.165) is 19.6 Å². The highest BCUT2D eigenvalue weighted by Crippen LogP contribution is 2.40. The Bertz CT molecular complexity index is 387. The molecule has 108 valence electrons. The van der Waals surface area contributed by atoms with Crippen molar-refractivity contribution in [1.29, 1.82) is 0 Å². The second kappa shape index (κ2) is 7.21. The molecule has 2 nitrogen and oxygen atoms in total. The topological polar surface area (TPSA) is 21.3 Å². The third-order valence-electron chi connectivity index (χ3n) is 3.89. The van der Waals surface area contributed by atoms with Gasteiger partial charge in [-0.05, 0) is 60.3 Å². The molecule has 1 aromatic heterocycles. The summed E-state index contributed by atoms with van der Waals surface area (Å²) in [7, 11) is 0. The van der Waals surface area contributed by atoms with Gasteiger partial charge in [0.1, 0.15) is 0 Å². The zero-order valence-corrected chi connectivity index (χ0v) is 14.4. The fourth-order valence-corrected chi connectivity index (χ4v) is 4.59. The van der Waals surface area contributed by atoms with Crippen molar-refractivity contribution in [2.24, 2.45) is 5.92 Å². The minimum Gasteiger partial charge on any atom is -0.378 e. The van der Waals surface area contributed by atoms with E-state index in [1.54, 1.807) is 0 Å². The molecule has 0 spiro atoms. The molecular weight excluding hydrogens is 322 g/mol. The third-order valence-corrected chi connectivity index (χ3v) is 6.11. The molecule has 0 aromatic carbocycles. The van der Waals surface area contributed by atoms with Crippen LogP contribution in [0.2, 0.25) is 0 Å². The first-order chi connectivity index (χ1) is 9.17. The SMILES string of the molecule is CCCNC(c1cc(C)c(Br)s1)C1CCOC1CC. The molecule has 4 heteroatoms. The molecule has 0 radical (unpaired) electrons. The largest absolute Gasteiger partial charge is 0.378 e. The first-order valence-corrected chi connectivity index (χ1v) is 8.89. The van der Waals surface area contributed by atoms with Gasteiger partial charge in [0.25, 0.3) is 0 Å². The van der Waals surface area contributed by atoms with Crippen LogP contribution in [0.15, 0.2) is 9.85 Å². The molecule has 3 unspecified atom stereocenters. The molecule has 2 rings (SSSR count). The minimum absolute atomic E-state index is 0.413. The fraction of sp³-hybridized carbons (Fsp3) is 0.733. The lowest BCUT2D eigenvalue weighted by atomic mass is 9.90. The van der Waals surface area contributed by atoms with Crippen molar-refractivity contribution >= 4 is 27.3 Å². The van der Waals surface area contributed by atoms with Crippen LogP contribution in [0.5, 0.6) is 0 Å². The predicted octanol–water partition coefficient (Wildman–Crippen LogP) is 4.67. The average Bonchev–Trinajstić information content (AvgIpc) is 2.98. The summed E-state index contributed by atoms with van der Waals surface area (Å²) < 4.78 is 7.15. The summed E-state index contributed by atoms with van der Waals surface area (Å²) in [6.07, 6.45) is 3.87. The van der Waals surface area contributed by atoms with Gasteiger partial charge >= 0.3 is 0 Å². The molecule has 1 saturated heterocycles. The van der Waals surface area contributed by atoms with Gasteiger partial charge in [0.2, 0.25) is 0 Å². The number of hydrogen-bond acceptors (Lipinski definition) is 3. The van der Waals surface area contributed by atoms with E-state index >= 15 is 0 Å². The van der Waals surface area contributed by atoms with Gasteiger partial charge < -0.3 is 10.1 Å². The van der Waals surface area contributed by atoms with Crippen LogP contribution in [0.25, 0.3) is 0 Å². The Morgan fingerprint density at radius 3 is 2.89 bits per heavy atom. The van der Waals surface area contributed by atoms with Gasteiger partial charge in [-0.1, -0.05) is 13.8 Å². The van der Waals surface area contributed by atoms with Gasteiger partial charge in [-0.3, -0.25) is 0 Å². The molecule has 19 heavy (non-hydrogen) atoms. The maximum absolute atomic E-state index is 5.89. The lowest BCUT2D eigenvalue weighted by molar-refractivity contribution is 0.0777. The monoisotopic (exact) mass is 345 g/mol. The van der Waals surface area contributed by atoms with Crippen molar-refractivity contribution in [3.63, 3.8) is 0 Å². The van der Waals surface area contributed by atoms with Crippen LogP contribution in [0.3, 0.4) is 0 Å². The Kier molecular flexibility index (Phi) is 5.87. The highest BCUT2D eigenvalue weighted by Gasteiger charge is 2.35. The number of hydrogen-bond donors (Lipinski definition) is 1. The minimum atomic E-state index is 0.413. The molecule has 0 bridgehead atoms. The number of ether oxygens (including phenoxy) is 1. The van der Waals surface area contributed by atoms with E-state index in [9.17, 15) is 0 Å². The number of thiophene rings is 1. The first kappa shape index (κ1) is 15.5. The van der Waals surface area contributed by atoms with Crippen LogP contribution in [-0.4, -0.2) is 19.3 Å². The molecule has 1 aliphatic rings. The highest BCUT2D eigenvalue weighted by molar-refractivity contribution is 9.11. The molecule has 0 amide bonds. The van der Waals surface area contributed by atoms with Gasteiger partial charge in [-0.25, -0.2) is 0 Å². The quantitative estimate of drug-likeness (QED) is 0.808. The Labute approximate surface area is 129 Å². The fourth-order valence-electron chi connectivity index (χ4n) is 2.87. The number of nitrogens with one attached hydrogen (secondary N) is 1. The van der Waals surface area contributed by atoms with Crippen LogP contribution in [0.4, 0.5) is 0 Å². The van der Waals surface area contributed by atoms with Gasteiger partial charge in [0, 0.05) is 23.4 Å². The second-order valence-corrected chi connectivity index (χ2v) is 7.71. The number of halogens is 1. The highest BCUT2D eigenvalue weighted by atomic mass is 79.9. The normalized spacial score (nSPS) is 24.8. The van der Waals surface area contributed by atoms with E-state index < -0.39 is 0 Å². The molecule has 2 heterocycles. The molecule has 0 aliphatic carbocycles. The first-order valence-electron chi connectivity index (χ1n) is 7.28. The Hall–Kier alpha value is 0.1000. The average molecular weight is 346 g/mol. The zero-order valence-electron chi connectivity index (χ0n) is 12.0. The second-order valence-electron chi connectivity index (χ2n) is 5.31. The molecule has 1 aliphatic heterocycles. The molecular formula is C15H24BrNOS. The summed E-state index contributed by atoms with van der Waals surface area (Å²) in [6, 6.07) is 2.77. The summed E-state index contributed by atoms with van der Waals surface area (Å²) >= 11 is 5.52. The molecule has 1 aromatic rings. The maximum atomic E-state index is 5.89. The van der Waals surface area contributed by atoms with Gasteiger partial charge in [-0.15, -0.1) is 11.3 Å².